The maximum Gasteiger partial charge on any atom is 0.308 e. The minimum atomic E-state index is -0.719. The number of hydrogen-bond acceptors (Lipinski definition) is 20. The number of esters is 2. The van der Waals surface area contributed by atoms with Gasteiger partial charge >= 0.3 is 11.9 Å². The SMILES string of the molecule is CCCCN(CCC(=O)OCC(C)=O)c1ccc(N=Nc2c(C#N)cc([N+](=O)[O-])cc2C#N)c(NC(C)=O)c1.CCN(CCC(=O)OCC(C)=O)c1ccc(N=Nc2ccc([N+](=O)[O-])cc2C#N)cc1. The highest BCUT2D eigenvalue weighted by Crippen LogP contribution is 2.35. The van der Waals surface area contributed by atoms with Crippen molar-refractivity contribution in [3.8, 4) is 18.2 Å². The molecule has 0 aliphatic carbocycles. The van der Waals surface area contributed by atoms with Crippen molar-refractivity contribution in [2.45, 2.75) is 60.3 Å². The minimum absolute atomic E-state index is 0.0436. The van der Waals surface area contributed by atoms with Crippen LogP contribution in [0.2, 0.25) is 0 Å². The molecule has 1 N–H and O–H groups in total. The van der Waals surface area contributed by atoms with E-state index in [-0.39, 0.29) is 88.7 Å². The summed E-state index contributed by atoms with van der Waals surface area (Å²) in [4.78, 5) is 82.1. The third-order valence-corrected chi connectivity index (χ3v) is 9.47. The molecule has 4 rings (SSSR count). The van der Waals surface area contributed by atoms with E-state index in [0.29, 0.717) is 37.6 Å². The molecule has 0 aromatic heterocycles. The van der Waals surface area contributed by atoms with E-state index in [9.17, 15) is 54.7 Å². The average Bonchev–Trinajstić information content (AvgIpc) is 3.34. The largest absolute Gasteiger partial charge is 0.458 e. The molecule has 4 aromatic carbocycles. The lowest BCUT2D eigenvalue weighted by Gasteiger charge is -2.25. The number of nitrogens with zero attached hydrogens (tertiary/aromatic N) is 11. The first-order valence-corrected chi connectivity index (χ1v) is 21.4. The van der Waals surface area contributed by atoms with Crippen LogP contribution in [0.15, 0.2) is 93.3 Å². The van der Waals surface area contributed by atoms with E-state index in [0.717, 1.165) is 36.7 Å². The van der Waals surface area contributed by atoms with Crippen LogP contribution in [0.25, 0.3) is 0 Å². The van der Waals surface area contributed by atoms with Crippen molar-refractivity contribution in [2.75, 3.05) is 54.5 Å². The van der Waals surface area contributed by atoms with Gasteiger partial charge in [0, 0.05) is 68.7 Å². The summed E-state index contributed by atoms with van der Waals surface area (Å²) in [5.41, 5.74) is 1.69. The Morgan fingerprint density at radius 1 is 0.629 bits per heavy atom. The van der Waals surface area contributed by atoms with Crippen molar-refractivity contribution < 1.29 is 43.3 Å². The number of unbranched alkanes of at least 4 members (excludes halogenated alkanes) is 1. The van der Waals surface area contributed by atoms with Gasteiger partial charge in [-0.05, 0) is 75.7 Å². The number of nitriles is 3. The summed E-state index contributed by atoms with van der Waals surface area (Å²) in [7, 11) is 0. The zero-order chi connectivity index (χ0) is 51.8. The Balaban J connectivity index is 0.000000380. The highest BCUT2D eigenvalue weighted by molar-refractivity contribution is 5.93. The summed E-state index contributed by atoms with van der Waals surface area (Å²) in [5, 5.41) is 68.9. The Morgan fingerprint density at radius 3 is 1.64 bits per heavy atom. The van der Waals surface area contributed by atoms with E-state index in [1.165, 1.54) is 32.9 Å². The van der Waals surface area contributed by atoms with Gasteiger partial charge in [-0.3, -0.25) is 44.2 Å². The lowest BCUT2D eigenvalue weighted by Crippen LogP contribution is -2.28. The molecule has 70 heavy (non-hydrogen) atoms. The highest BCUT2D eigenvalue weighted by atomic mass is 16.6. The second-order valence-corrected chi connectivity index (χ2v) is 14.9. The fraction of sp³-hybridized carbons (Fsp3) is 0.319. The van der Waals surface area contributed by atoms with E-state index in [1.807, 2.05) is 41.8 Å². The van der Waals surface area contributed by atoms with Gasteiger partial charge in [-0.1, -0.05) is 13.3 Å². The van der Waals surface area contributed by atoms with Crippen LogP contribution in [-0.2, 0) is 33.4 Å². The number of hydrogen-bond donors (Lipinski definition) is 1. The molecule has 0 atom stereocenters. The number of non-ortho nitro benzene ring substituents is 2. The van der Waals surface area contributed by atoms with Crippen molar-refractivity contribution in [2.24, 2.45) is 20.5 Å². The standard InChI is InChI=1S/C26H27N7O6.C21H21N5O5/c1-4-5-9-32(10-8-25(36)39-16-17(2)34)21-6-7-23(24(13-21)29-18(3)35)30-31-26-19(14-27)11-22(33(37)38)12-20(26)15-28;1-3-25(11-10-21(28)31-14-15(2)27)18-6-4-17(5-7-18)23-24-20-9-8-19(26(29)30)12-16(20)13-22/h6-7,11-13H,4-5,8-10,16H2,1-3H3,(H,29,35);4-9,12H,3,10-11,14H2,1-2H3. The number of ether oxygens (including phenoxy) is 2. The van der Waals surface area contributed by atoms with Gasteiger partial charge in [0.1, 0.15) is 48.5 Å². The number of nitro benzene ring substituents is 2. The predicted octanol–water partition coefficient (Wildman–Crippen LogP) is 9.07. The van der Waals surface area contributed by atoms with Crippen molar-refractivity contribution >= 4 is 80.6 Å². The lowest BCUT2D eigenvalue weighted by atomic mass is 10.1. The summed E-state index contributed by atoms with van der Waals surface area (Å²) in [6, 6.07) is 23.3. The summed E-state index contributed by atoms with van der Waals surface area (Å²) >= 11 is 0. The molecule has 4 aromatic rings. The van der Waals surface area contributed by atoms with Crippen LogP contribution in [0, 0.1) is 54.2 Å². The lowest BCUT2D eigenvalue weighted by molar-refractivity contribution is -0.385. The van der Waals surface area contributed by atoms with E-state index < -0.39 is 27.5 Å². The number of Topliss-reactive ketones (excluding diaryl/α,β-unsaturated/α-hetero) is 2. The smallest absolute Gasteiger partial charge is 0.308 e. The third kappa shape index (κ3) is 17.8. The van der Waals surface area contributed by atoms with Crippen molar-refractivity contribution in [1.82, 2.24) is 0 Å². The number of carbonyl (C=O) groups excluding carboxylic acids is 5. The van der Waals surface area contributed by atoms with Crippen LogP contribution in [0.1, 0.15) is 77.0 Å². The number of azo groups is 2. The van der Waals surface area contributed by atoms with Crippen LogP contribution in [0.5, 0.6) is 0 Å². The second-order valence-electron chi connectivity index (χ2n) is 14.9. The molecule has 0 radical (unpaired) electrons. The number of nitro groups is 2. The van der Waals surface area contributed by atoms with Gasteiger partial charge < -0.3 is 24.6 Å². The van der Waals surface area contributed by atoms with Gasteiger partial charge in [0.2, 0.25) is 5.91 Å². The van der Waals surface area contributed by atoms with Crippen molar-refractivity contribution in [3.63, 3.8) is 0 Å². The minimum Gasteiger partial charge on any atom is -0.458 e. The number of anilines is 3. The van der Waals surface area contributed by atoms with Crippen LogP contribution >= 0.6 is 0 Å². The molecule has 0 aliphatic heterocycles. The third-order valence-electron chi connectivity index (χ3n) is 9.47. The van der Waals surface area contributed by atoms with Gasteiger partial charge in [0.05, 0.1) is 50.8 Å². The number of nitrogens with one attached hydrogen (secondary N) is 1. The van der Waals surface area contributed by atoms with Crippen LogP contribution in [0.3, 0.4) is 0 Å². The molecule has 362 valence electrons. The van der Waals surface area contributed by atoms with Crippen LogP contribution in [-0.4, -0.2) is 78.7 Å². The van der Waals surface area contributed by atoms with E-state index >= 15 is 0 Å². The molecule has 23 heteroatoms. The maximum absolute atomic E-state index is 12.0. The van der Waals surface area contributed by atoms with Gasteiger partial charge in [0.15, 0.2) is 11.6 Å². The molecule has 23 nitrogen and oxygen atoms in total. The predicted molar refractivity (Wildman–Crippen MR) is 253 cm³/mol. The summed E-state index contributed by atoms with van der Waals surface area (Å²) in [5.74, 6) is -1.80. The number of ketones is 2. The first-order chi connectivity index (χ1) is 33.4. The Hall–Kier alpha value is -9.30. The topological polar surface area (TPSA) is 329 Å². The van der Waals surface area contributed by atoms with Gasteiger partial charge in [-0.2, -0.15) is 20.9 Å². The molecule has 0 bridgehead atoms. The first kappa shape index (κ1) is 55.0. The number of carbonyl (C=O) groups is 5. The summed E-state index contributed by atoms with van der Waals surface area (Å²) in [6.07, 6.45) is 1.92. The van der Waals surface area contributed by atoms with Crippen LogP contribution < -0.4 is 15.1 Å². The van der Waals surface area contributed by atoms with Gasteiger partial charge in [0.25, 0.3) is 11.4 Å². The number of rotatable bonds is 23. The summed E-state index contributed by atoms with van der Waals surface area (Å²) in [6.45, 7) is 9.47. The van der Waals surface area contributed by atoms with Crippen LogP contribution in [0.4, 0.5) is 51.2 Å². The van der Waals surface area contributed by atoms with Crippen molar-refractivity contribution in [1.29, 1.82) is 15.8 Å². The first-order valence-electron chi connectivity index (χ1n) is 21.4. The maximum atomic E-state index is 12.0. The van der Waals surface area contributed by atoms with Gasteiger partial charge in [-0.15, -0.1) is 15.3 Å². The second kappa shape index (κ2) is 28.0. The molecule has 0 saturated carbocycles. The molecule has 0 aliphatic rings. The van der Waals surface area contributed by atoms with E-state index in [2.05, 4.69) is 25.8 Å². The summed E-state index contributed by atoms with van der Waals surface area (Å²) < 4.78 is 9.80. The normalized spacial score (nSPS) is 10.4. The fourth-order valence-electron chi connectivity index (χ4n) is 6.01. The van der Waals surface area contributed by atoms with E-state index in [4.69, 9.17) is 14.7 Å². The molecule has 1 amide bonds. The monoisotopic (exact) mass is 956 g/mol. The molecular formula is C47H48N12O11. The molecule has 0 saturated heterocycles. The highest BCUT2D eigenvalue weighted by Gasteiger charge is 2.19. The Kier molecular flexibility index (Phi) is 22.0. The molecule has 0 unspecified atom stereocenters. The van der Waals surface area contributed by atoms with Crippen molar-refractivity contribution in [3.05, 3.63) is 110 Å². The van der Waals surface area contributed by atoms with Gasteiger partial charge in [-0.25, -0.2) is 0 Å². The van der Waals surface area contributed by atoms with E-state index in [1.54, 1.807) is 42.5 Å². The quantitative estimate of drug-likeness (QED) is 0.0313. The average molecular weight is 957 g/mol. The molecule has 0 spiro atoms. The molecule has 0 fully saturated rings. The molecular weight excluding hydrogens is 909 g/mol. The zero-order valence-corrected chi connectivity index (χ0v) is 38.9. The molecule has 0 heterocycles. The fourth-order valence-corrected chi connectivity index (χ4v) is 6.01. The Morgan fingerprint density at radius 2 is 1.14 bits per heavy atom. The number of benzene rings is 4. The number of amides is 1. The Bertz CT molecular complexity index is 2740. The zero-order valence-electron chi connectivity index (χ0n) is 38.9. The Labute approximate surface area is 401 Å².